The molecular weight excluding hydrogens is 889 g/mol. The van der Waals surface area contributed by atoms with Crippen LogP contribution in [0.25, 0.3) is 0 Å². The van der Waals surface area contributed by atoms with Gasteiger partial charge in [-0.1, -0.05) is 84.7 Å². The number of morpholine rings is 2. The minimum Gasteiger partial charge on any atom is -0.469 e. The number of thioether (sulfide) groups is 2. The average molecular weight is 950 g/mol. The first-order valence-corrected chi connectivity index (χ1v) is 24.9. The number of ether oxygens (including phenoxy) is 6. The Morgan fingerprint density at radius 1 is 0.793 bits per heavy atom. The van der Waals surface area contributed by atoms with Crippen LogP contribution in [0.5, 0.6) is 0 Å². The predicted molar refractivity (Wildman–Crippen MR) is 235 cm³/mol. The Kier molecular flexibility index (Phi) is 16.6. The summed E-state index contributed by atoms with van der Waals surface area (Å²) < 4.78 is 36.6. The van der Waals surface area contributed by atoms with Crippen molar-refractivity contribution in [1.29, 1.82) is 0 Å². The number of esters is 4. The van der Waals surface area contributed by atoms with E-state index in [4.69, 9.17) is 52.9 Å². The van der Waals surface area contributed by atoms with Crippen molar-refractivity contribution in [2.24, 2.45) is 46.3 Å². The summed E-state index contributed by atoms with van der Waals surface area (Å²) in [6, 6.07) is 0. The third-order valence-electron chi connectivity index (χ3n) is 14.6. The summed E-state index contributed by atoms with van der Waals surface area (Å²) in [7, 11) is 1.42. The van der Waals surface area contributed by atoms with Crippen LogP contribution in [0.15, 0.2) is 0 Å². The highest BCUT2D eigenvalue weighted by molar-refractivity contribution is 9.09. The first-order valence-electron chi connectivity index (χ1n) is 21.0. The van der Waals surface area contributed by atoms with Gasteiger partial charge in [0.25, 0.3) is 0 Å². The molecule has 1 unspecified atom stereocenters. The maximum atomic E-state index is 14.0. The van der Waals surface area contributed by atoms with Gasteiger partial charge in [-0.2, -0.15) is 0 Å². The molecule has 326 valence electrons. The number of hydrogen-bond acceptors (Lipinski definition) is 14. The van der Waals surface area contributed by atoms with Gasteiger partial charge in [0.2, 0.25) is 0 Å². The molecule has 4 saturated carbocycles. The zero-order valence-electron chi connectivity index (χ0n) is 34.3. The predicted octanol–water partition coefficient (Wildman–Crippen LogP) is 6.29. The summed E-state index contributed by atoms with van der Waals surface area (Å²) in [5.41, 5.74) is -0.574. The molecule has 0 radical (unpaired) electrons. The van der Waals surface area contributed by atoms with Crippen molar-refractivity contribution in [2.75, 3.05) is 76.6 Å². The second-order valence-electron chi connectivity index (χ2n) is 17.4. The molecule has 0 bridgehead atoms. The standard InChI is InChI=1S/C41H61BrN2O10S4/c1-25(5-8-33(45)49-4)28-6-7-29-37-30(21-32(41(28,29)3)54-36(48)24-58-39(56)44-13-17-51-18-14-44)40(2)10-9-27(52-34(46)22-42)19-26(40)20-31(37)53-35(47)23-57-38(55)43-11-15-50-16-12-43/h25-32,37H,5-24H2,1-4H3/t25-,26?,27-,28-,29+,30+,31-,32+,37+,40+,41-/m1/s1. The quantitative estimate of drug-likeness (QED) is 0.0941. The van der Waals surface area contributed by atoms with Gasteiger partial charge in [-0.3, -0.25) is 19.2 Å². The smallest absolute Gasteiger partial charge is 0.316 e. The van der Waals surface area contributed by atoms with Crippen LogP contribution in [0.2, 0.25) is 0 Å². The van der Waals surface area contributed by atoms with Crippen molar-refractivity contribution >= 4 is 96.4 Å². The topological polar surface area (TPSA) is 130 Å². The fraction of sp³-hybridized carbons (Fsp3) is 0.854. The van der Waals surface area contributed by atoms with Crippen molar-refractivity contribution in [1.82, 2.24) is 9.80 Å². The van der Waals surface area contributed by atoms with Gasteiger partial charge in [0.05, 0.1) is 45.0 Å². The lowest BCUT2D eigenvalue weighted by atomic mass is 9.43. The molecule has 0 N–H and O–H groups in total. The molecule has 6 rings (SSSR count). The summed E-state index contributed by atoms with van der Waals surface area (Å²) in [6.45, 7) is 12.2. The molecule has 6 fully saturated rings. The molecule has 58 heavy (non-hydrogen) atoms. The number of nitrogens with zero attached hydrogens (tertiary/aromatic N) is 2. The molecule has 0 aromatic rings. The van der Waals surface area contributed by atoms with Crippen molar-refractivity contribution in [3.05, 3.63) is 0 Å². The SMILES string of the molecule is COC(=O)CC[C@@H](C)[C@H]1CC[C@H]2[C@@H]3[C@H](OC(=O)CSC(=S)N4CCOCC4)CC4C[C@H](OC(=O)CBr)CC[C@]4(C)[C@H]3C[C@H](OC(=O)CSC(=S)N3CCOCC3)[C@]12C. The van der Waals surface area contributed by atoms with Crippen LogP contribution in [0.4, 0.5) is 0 Å². The summed E-state index contributed by atoms with van der Waals surface area (Å²) in [5.74, 6) is -0.0998. The third kappa shape index (κ3) is 10.5. The highest BCUT2D eigenvalue weighted by Crippen LogP contribution is 2.69. The Morgan fingerprint density at radius 3 is 1.98 bits per heavy atom. The first-order chi connectivity index (χ1) is 27.8. The van der Waals surface area contributed by atoms with E-state index in [0.29, 0.717) is 93.4 Å². The number of halogens is 1. The Bertz CT molecular complexity index is 1520. The van der Waals surface area contributed by atoms with Crippen LogP contribution in [0.3, 0.4) is 0 Å². The number of methoxy groups -OCH3 is 1. The Labute approximate surface area is 371 Å². The van der Waals surface area contributed by atoms with Gasteiger partial charge in [-0.05, 0) is 86.4 Å². The number of fused-ring (bicyclic) bond motifs is 5. The Balaban J connectivity index is 1.27. The Morgan fingerprint density at radius 2 is 1.40 bits per heavy atom. The molecular formula is C41H61BrN2O10S4. The van der Waals surface area contributed by atoms with E-state index in [0.717, 1.165) is 25.7 Å². The molecule has 2 aliphatic heterocycles. The van der Waals surface area contributed by atoms with Crippen LogP contribution < -0.4 is 0 Å². The van der Waals surface area contributed by atoms with E-state index >= 15 is 0 Å². The molecule has 0 amide bonds. The molecule has 11 atom stereocenters. The van der Waals surface area contributed by atoms with E-state index in [2.05, 4.69) is 46.5 Å². The summed E-state index contributed by atoms with van der Waals surface area (Å²) in [5, 5.41) is 0.141. The monoisotopic (exact) mass is 948 g/mol. The zero-order valence-corrected chi connectivity index (χ0v) is 39.2. The van der Waals surface area contributed by atoms with Crippen LogP contribution in [-0.4, -0.2) is 137 Å². The fourth-order valence-electron chi connectivity index (χ4n) is 11.6. The number of carbonyl (C=O) groups is 4. The molecule has 2 saturated heterocycles. The summed E-state index contributed by atoms with van der Waals surface area (Å²) in [6.07, 6.45) is 5.51. The second kappa shape index (κ2) is 20.8. The van der Waals surface area contributed by atoms with E-state index in [1.54, 1.807) is 0 Å². The number of thiocarbonyl (C=S) groups is 2. The third-order valence-corrected chi connectivity index (χ3v) is 18.1. The van der Waals surface area contributed by atoms with Gasteiger partial charge in [0, 0.05) is 43.9 Å². The molecule has 4 aliphatic carbocycles. The van der Waals surface area contributed by atoms with Gasteiger partial charge >= 0.3 is 23.9 Å². The van der Waals surface area contributed by atoms with E-state index in [1.807, 2.05) is 0 Å². The van der Waals surface area contributed by atoms with E-state index in [9.17, 15) is 19.2 Å². The maximum Gasteiger partial charge on any atom is 0.316 e. The largest absolute Gasteiger partial charge is 0.469 e. The number of carbonyl (C=O) groups excluding carboxylic acids is 4. The zero-order chi connectivity index (χ0) is 41.6. The first kappa shape index (κ1) is 46.3. The molecule has 6 aliphatic rings. The van der Waals surface area contributed by atoms with Crippen LogP contribution in [0, 0.1) is 46.3 Å². The lowest BCUT2D eigenvalue weighted by molar-refractivity contribution is -0.224. The van der Waals surface area contributed by atoms with Gasteiger partial charge in [-0.25, -0.2) is 0 Å². The normalized spacial score (nSPS) is 35.1. The van der Waals surface area contributed by atoms with Crippen LogP contribution in [-0.2, 0) is 47.6 Å². The number of alkyl halides is 1. The van der Waals surface area contributed by atoms with Crippen molar-refractivity contribution in [2.45, 2.75) is 96.9 Å². The van der Waals surface area contributed by atoms with Crippen molar-refractivity contribution < 1.29 is 47.6 Å². The lowest BCUT2D eigenvalue weighted by Crippen LogP contribution is -2.63. The Hall–Kier alpha value is -1.24. The molecule has 2 heterocycles. The second-order valence-corrected chi connectivity index (χ2v) is 21.2. The fourth-order valence-corrected chi connectivity index (χ4v) is 13.8. The van der Waals surface area contributed by atoms with Crippen molar-refractivity contribution in [3.63, 3.8) is 0 Å². The van der Waals surface area contributed by atoms with Crippen LogP contribution in [0.1, 0.15) is 78.6 Å². The van der Waals surface area contributed by atoms with E-state index in [1.165, 1.54) is 30.6 Å². The minimum absolute atomic E-state index is 0.0454. The van der Waals surface area contributed by atoms with Gasteiger partial charge in [-0.15, -0.1) is 0 Å². The number of rotatable bonds is 12. The average Bonchev–Trinajstić information content (AvgIpc) is 3.60. The minimum atomic E-state index is -0.426. The molecule has 12 nitrogen and oxygen atoms in total. The highest BCUT2D eigenvalue weighted by atomic mass is 79.9. The number of hydrogen-bond donors (Lipinski definition) is 0. The van der Waals surface area contributed by atoms with E-state index in [-0.39, 0.29) is 99.9 Å². The molecule has 0 spiro atoms. The maximum absolute atomic E-state index is 14.0. The lowest BCUT2D eigenvalue weighted by Gasteiger charge is -2.64. The van der Waals surface area contributed by atoms with Crippen molar-refractivity contribution in [3.8, 4) is 0 Å². The highest BCUT2D eigenvalue weighted by Gasteiger charge is 2.67. The summed E-state index contributed by atoms with van der Waals surface area (Å²) >= 11 is 17.4. The van der Waals surface area contributed by atoms with Crippen LogP contribution >= 0.6 is 63.9 Å². The van der Waals surface area contributed by atoms with Gasteiger partial charge in [0.15, 0.2) is 0 Å². The van der Waals surface area contributed by atoms with E-state index < -0.39 is 5.41 Å². The molecule has 0 aromatic heterocycles. The molecule has 0 aromatic carbocycles. The van der Waals surface area contributed by atoms with Gasteiger partial charge in [0.1, 0.15) is 32.3 Å². The molecule has 17 heteroatoms. The summed E-state index contributed by atoms with van der Waals surface area (Å²) in [4.78, 5) is 56.7. The van der Waals surface area contributed by atoms with Gasteiger partial charge < -0.3 is 38.2 Å².